The van der Waals surface area contributed by atoms with Crippen LogP contribution in [0.5, 0.6) is 0 Å². The fraction of sp³-hybridized carbons (Fsp3) is 0.462. The summed E-state index contributed by atoms with van der Waals surface area (Å²) >= 11 is 0. The second kappa shape index (κ2) is 5.22. The van der Waals surface area contributed by atoms with Crippen LogP contribution in [0, 0.1) is 11.3 Å². The summed E-state index contributed by atoms with van der Waals surface area (Å²) in [5.74, 6) is -0.0878. The molecular weight excluding hydrogens is 305 g/mol. The lowest BCUT2D eigenvalue weighted by Gasteiger charge is -2.33. The van der Waals surface area contributed by atoms with E-state index in [2.05, 4.69) is 0 Å². The largest absolute Gasteiger partial charge is 0.417 e. The number of rotatable bonds is 1. The van der Waals surface area contributed by atoms with Crippen molar-refractivity contribution in [3.63, 3.8) is 0 Å². The van der Waals surface area contributed by atoms with Gasteiger partial charge in [-0.15, -0.1) is 0 Å². The topological polar surface area (TPSA) is 61.2 Å². The Kier molecular flexibility index (Phi) is 3.89. The molecule has 0 aliphatic carbocycles. The predicted molar refractivity (Wildman–Crippen MR) is 71.6 cm³/mol. The van der Waals surface area contributed by atoms with Crippen molar-refractivity contribution in [3.05, 3.63) is 29.3 Å². The molecule has 1 fully saturated rings. The van der Waals surface area contributed by atoms with E-state index in [4.69, 9.17) is 5.26 Å². The van der Waals surface area contributed by atoms with Gasteiger partial charge in [-0.05, 0) is 25.1 Å². The lowest BCUT2D eigenvalue weighted by molar-refractivity contribution is -0.137. The van der Waals surface area contributed by atoms with Crippen LogP contribution < -0.4 is 4.90 Å². The van der Waals surface area contributed by atoms with E-state index >= 15 is 0 Å². The van der Waals surface area contributed by atoms with Crippen LogP contribution in [0.3, 0.4) is 0 Å². The highest BCUT2D eigenvalue weighted by atomic mass is 32.2. The van der Waals surface area contributed by atoms with Gasteiger partial charge in [0.15, 0.2) is 9.84 Å². The van der Waals surface area contributed by atoms with Crippen molar-refractivity contribution in [2.75, 3.05) is 23.7 Å². The quantitative estimate of drug-likeness (QED) is 0.796. The monoisotopic (exact) mass is 318 g/mol. The number of anilines is 1. The number of halogens is 3. The maximum Gasteiger partial charge on any atom is 0.417 e. The van der Waals surface area contributed by atoms with Crippen molar-refractivity contribution in [2.45, 2.75) is 18.3 Å². The van der Waals surface area contributed by atoms with Crippen LogP contribution >= 0.6 is 0 Å². The Labute approximate surface area is 120 Å². The minimum atomic E-state index is -4.62. The first kappa shape index (κ1) is 15.6. The van der Waals surface area contributed by atoms with E-state index < -0.39 is 32.4 Å². The number of nitrogens with zero attached hydrogens (tertiary/aromatic N) is 2. The van der Waals surface area contributed by atoms with Gasteiger partial charge in [-0.1, -0.05) is 0 Å². The van der Waals surface area contributed by atoms with Crippen molar-refractivity contribution in [1.82, 2.24) is 0 Å². The molecule has 0 unspecified atom stereocenters. The van der Waals surface area contributed by atoms with Gasteiger partial charge in [0, 0.05) is 18.8 Å². The first-order valence-corrected chi connectivity index (χ1v) is 7.94. The summed E-state index contributed by atoms with van der Waals surface area (Å²) in [5, 5.41) is 8.12. The van der Waals surface area contributed by atoms with E-state index in [-0.39, 0.29) is 24.5 Å². The number of hydrogen-bond donors (Lipinski definition) is 0. The fourth-order valence-electron chi connectivity index (χ4n) is 2.25. The summed E-state index contributed by atoms with van der Waals surface area (Å²) in [6.45, 7) is 1.83. The van der Waals surface area contributed by atoms with Crippen LogP contribution in [0.4, 0.5) is 18.9 Å². The Hall–Kier alpha value is -1.75. The zero-order valence-corrected chi connectivity index (χ0v) is 12.0. The Morgan fingerprint density at radius 2 is 2.05 bits per heavy atom. The molecule has 1 heterocycles. The number of sulfone groups is 1. The van der Waals surface area contributed by atoms with Gasteiger partial charge in [0.2, 0.25) is 0 Å². The first-order valence-electron chi connectivity index (χ1n) is 6.23. The highest BCUT2D eigenvalue weighted by molar-refractivity contribution is 7.92. The van der Waals surface area contributed by atoms with Gasteiger partial charge in [-0.2, -0.15) is 18.4 Å². The molecule has 2 rings (SSSR count). The van der Waals surface area contributed by atoms with E-state index in [9.17, 15) is 21.6 Å². The van der Waals surface area contributed by atoms with E-state index in [0.717, 1.165) is 12.1 Å². The lowest BCUT2D eigenvalue weighted by atomic mass is 10.1. The Morgan fingerprint density at radius 3 is 2.57 bits per heavy atom. The molecule has 0 radical (unpaired) electrons. The third-order valence-corrected chi connectivity index (χ3v) is 5.66. The zero-order chi connectivity index (χ0) is 15.8. The molecule has 0 saturated carbocycles. The third kappa shape index (κ3) is 3.13. The average molecular weight is 318 g/mol. The van der Waals surface area contributed by atoms with Crippen molar-refractivity contribution < 1.29 is 21.6 Å². The summed E-state index contributed by atoms with van der Waals surface area (Å²) < 4.78 is 62.0. The van der Waals surface area contributed by atoms with Crippen LogP contribution in [-0.4, -0.2) is 32.5 Å². The van der Waals surface area contributed by atoms with E-state index in [1.807, 2.05) is 0 Å². The van der Waals surface area contributed by atoms with Crippen molar-refractivity contribution >= 4 is 15.5 Å². The summed E-state index contributed by atoms with van der Waals surface area (Å²) in [6.07, 6.45) is -4.62. The number of benzene rings is 1. The van der Waals surface area contributed by atoms with Gasteiger partial charge >= 0.3 is 6.18 Å². The van der Waals surface area contributed by atoms with Crippen LogP contribution in [0.2, 0.25) is 0 Å². The molecule has 1 aliphatic heterocycles. The molecule has 8 heteroatoms. The maximum absolute atomic E-state index is 12.9. The predicted octanol–water partition coefficient (Wildman–Crippen LogP) is 2.20. The molecule has 0 N–H and O–H groups in total. The Morgan fingerprint density at radius 1 is 1.38 bits per heavy atom. The van der Waals surface area contributed by atoms with Crippen LogP contribution in [0.25, 0.3) is 0 Å². The Bertz CT molecular complexity index is 692. The van der Waals surface area contributed by atoms with E-state index in [1.165, 1.54) is 19.1 Å². The molecular formula is C13H13F3N2O2S. The van der Waals surface area contributed by atoms with E-state index in [0.29, 0.717) is 0 Å². The van der Waals surface area contributed by atoms with Crippen molar-refractivity contribution in [1.29, 1.82) is 5.26 Å². The summed E-state index contributed by atoms with van der Waals surface area (Å²) in [4.78, 5) is 1.60. The number of nitriles is 1. The molecule has 0 aromatic heterocycles. The molecule has 1 atom stereocenters. The SMILES string of the molecule is C[C@@H]1CN(c2ccc(C#N)c(C(F)(F)F)c2)CCS1(=O)=O. The Balaban J connectivity index is 2.37. The molecule has 4 nitrogen and oxygen atoms in total. The van der Waals surface area contributed by atoms with Crippen LogP contribution in [-0.2, 0) is 16.0 Å². The average Bonchev–Trinajstić information content (AvgIpc) is 2.40. The molecule has 21 heavy (non-hydrogen) atoms. The highest BCUT2D eigenvalue weighted by Crippen LogP contribution is 2.35. The fourth-order valence-corrected chi connectivity index (χ4v) is 3.53. The smallest absolute Gasteiger partial charge is 0.369 e. The molecule has 1 aromatic rings. The standard InChI is InChI=1S/C13H13F3N2O2S/c1-9-8-18(4-5-21(9,19)20)11-3-2-10(7-17)12(6-11)13(14,15)16/h2-3,6,9H,4-5,8H2,1H3/t9-/m1/s1. The van der Waals surface area contributed by atoms with Gasteiger partial charge in [-0.3, -0.25) is 0 Å². The zero-order valence-electron chi connectivity index (χ0n) is 11.2. The minimum Gasteiger partial charge on any atom is -0.369 e. The van der Waals surface area contributed by atoms with Gasteiger partial charge in [-0.25, -0.2) is 8.42 Å². The molecule has 114 valence electrons. The molecule has 1 saturated heterocycles. The van der Waals surface area contributed by atoms with Gasteiger partial charge in [0.1, 0.15) is 0 Å². The summed E-state index contributed by atoms with van der Waals surface area (Å²) in [5.41, 5.74) is -1.16. The summed E-state index contributed by atoms with van der Waals surface area (Å²) in [7, 11) is -3.17. The molecule has 1 aromatic carbocycles. The number of alkyl halides is 3. The highest BCUT2D eigenvalue weighted by Gasteiger charge is 2.35. The number of hydrogen-bond acceptors (Lipinski definition) is 4. The molecule has 0 bridgehead atoms. The van der Waals surface area contributed by atoms with E-state index in [1.54, 1.807) is 4.90 Å². The maximum atomic E-state index is 12.9. The van der Waals surface area contributed by atoms with Gasteiger partial charge in [0.25, 0.3) is 0 Å². The van der Waals surface area contributed by atoms with Crippen molar-refractivity contribution in [2.24, 2.45) is 0 Å². The molecule has 0 amide bonds. The second-order valence-electron chi connectivity index (χ2n) is 4.96. The van der Waals surface area contributed by atoms with Crippen molar-refractivity contribution in [3.8, 4) is 6.07 Å². The molecule has 0 spiro atoms. The third-order valence-electron chi connectivity index (χ3n) is 3.53. The second-order valence-corrected chi connectivity index (χ2v) is 7.50. The first-order chi connectivity index (χ1) is 9.65. The van der Waals surface area contributed by atoms with Crippen LogP contribution in [0.1, 0.15) is 18.1 Å². The van der Waals surface area contributed by atoms with Gasteiger partial charge in [0.05, 0.1) is 28.2 Å². The normalized spacial score (nSPS) is 21.9. The molecule has 1 aliphatic rings. The summed E-state index contributed by atoms with van der Waals surface area (Å²) in [6, 6.07) is 4.96. The van der Waals surface area contributed by atoms with Crippen LogP contribution in [0.15, 0.2) is 18.2 Å². The van der Waals surface area contributed by atoms with Gasteiger partial charge < -0.3 is 4.90 Å². The lowest BCUT2D eigenvalue weighted by Crippen LogP contribution is -2.45. The minimum absolute atomic E-state index is 0.0878.